The second kappa shape index (κ2) is 9.02. The first-order valence-corrected chi connectivity index (χ1v) is 8.06. The lowest BCUT2D eigenvalue weighted by Gasteiger charge is -2.10. The molecule has 7 nitrogen and oxygen atoms in total. The number of hydrogen-bond acceptors (Lipinski definition) is 6. The van der Waals surface area contributed by atoms with E-state index in [1.54, 1.807) is 25.3 Å². The van der Waals surface area contributed by atoms with Gasteiger partial charge in [0.05, 0.1) is 23.4 Å². The molecule has 0 saturated heterocycles. The molecule has 0 saturated carbocycles. The van der Waals surface area contributed by atoms with Crippen LogP contribution in [0.4, 0.5) is 0 Å². The number of hydrogen-bond donors (Lipinski definition) is 2. The Labute approximate surface area is 141 Å². The number of carbonyl (C=O) groups is 1. The smallest absolute Gasteiger partial charge is 0.253 e. The summed E-state index contributed by atoms with van der Waals surface area (Å²) in [6.45, 7) is 4.05. The number of aryl methyl sites for hydroxylation is 1. The molecule has 2 aromatic heterocycles. The van der Waals surface area contributed by atoms with Crippen LogP contribution in [0.15, 0.2) is 29.1 Å². The first-order chi connectivity index (χ1) is 11.6. The van der Waals surface area contributed by atoms with Gasteiger partial charge in [-0.1, -0.05) is 18.5 Å². The number of nitrogens with one attached hydrogen (secondary N) is 1. The van der Waals surface area contributed by atoms with Crippen molar-refractivity contribution in [2.24, 2.45) is 0 Å². The number of nitrogens with zero attached hydrogens (tertiary/aromatic N) is 2. The Hall–Kier alpha value is -2.41. The number of ether oxygens (including phenoxy) is 1. The van der Waals surface area contributed by atoms with Gasteiger partial charge in [-0.25, -0.2) is 4.98 Å². The summed E-state index contributed by atoms with van der Waals surface area (Å²) in [5, 5.41) is 15.6. The van der Waals surface area contributed by atoms with Gasteiger partial charge in [-0.3, -0.25) is 4.79 Å². The number of amides is 1. The quantitative estimate of drug-likeness (QED) is 0.729. The number of aliphatic hydroxyl groups excluding tert-OH is 1. The zero-order valence-corrected chi connectivity index (χ0v) is 14.0. The number of aliphatic hydroxyl groups is 1. The van der Waals surface area contributed by atoms with Crippen molar-refractivity contribution in [2.75, 3.05) is 6.61 Å². The van der Waals surface area contributed by atoms with Crippen molar-refractivity contribution in [1.82, 2.24) is 15.5 Å². The van der Waals surface area contributed by atoms with Crippen molar-refractivity contribution in [3.63, 3.8) is 0 Å². The minimum Gasteiger partial charge on any atom is -0.473 e. The van der Waals surface area contributed by atoms with E-state index in [1.165, 1.54) is 6.20 Å². The number of rotatable bonds is 9. The van der Waals surface area contributed by atoms with E-state index in [4.69, 9.17) is 14.4 Å². The van der Waals surface area contributed by atoms with E-state index in [1.807, 2.05) is 0 Å². The van der Waals surface area contributed by atoms with Gasteiger partial charge in [0, 0.05) is 18.3 Å². The fraction of sp³-hybridized carbons (Fsp3) is 0.471. The SMILES string of the molecule is CCCCc1nocc1COc1ccc(C(=O)N[C@@H](C)CO)cn1. The van der Waals surface area contributed by atoms with Gasteiger partial charge in [0.2, 0.25) is 5.88 Å². The first kappa shape index (κ1) is 17.9. The predicted octanol–water partition coefficient (Wildman–Crippen LogP) is 2.10. The molecule has 0 aliphatic rings. The van der Waals surface area contributed by atoms with E-state index in [2.05, 4.69) is 22.4 Å². The Kier molecular flexibility index (Phi) is 6.74. The lowest BCUT2D eigenvalue weighted by atomic mass is 10.1. The number of unbranched alkanes of at least 4 members (excludes halogenated alkanes) is 1. The molecule has 2 aromatic rings. The monoisotopic (exact) mass is 333 g/mol. The predicted molar refractivity (Wildman–Crippen MR) is 87.7 cm³/mol. The van der Waals surface area contributed by atoms with Crippen LogP contribution in [-0.2, 0) is 13.0 Å². The number of aromatic nitrogens is 2. The van der Waals surface area contributed by atoms with Gasteiger partial charge in [-0.15, -0.1) is 0 Å². The molecule has 0 unspecified atom stereocenters. The van der Waals surface area contributed by atoms with Crippen LogP contribution in [0.25, 0.3) is 0 Å². The third-order valence-electron chi connectivity index (χ3n) is 3.52. The molecule has 0 spiro atoms. The Morgan fingerprint density at radius 2 is 2.29 bits per heavy atom. The minimum atomic E-state index is -0.302. The fourth-order valence-corrected chi connectivity index (χ4v) is 2.05. The van der Waals surface area contributed by atoms with Crippen molar-refractivity contribution in [3.8, 4) is 5.88 Å². The minimum absolute atomic E-state index is 0.112. The Bertz CT molecular complexity index is 640. The zero-order chi connectivity index (χ0) is 17.4. The molecule has 1 amide bonds. The standard InChI is InChI=1S/C17H23N3O4/c1-3-4-5-15-14(11-24-20-15)10-23-16-7-6-13(8-18-16)17(22)19-12(2)9-21/h6-8,11-12,21H,3-5,9-10H2,1-2H3,(H,19,22)/t12-/m0/s1. The van der Waals surface area contributed by atoms with Gasteiger partial charge in [-0.05, 0) is 25.8 Å². The Balaban J connectivity index is 1.90. The van der Waals surface area contributed by atoms with Gasteiger partial charge in [0.25, 0.3) is 5.91 Å². The van der Waals surface area contributed by atoms with Crippen molar-refractivity contribution in [1.29, 1.82) is 0 Å². The summed E-state index contributed by atoms with van der Waals surface area (Å²) in [6.07, 6.45) is 6.03. The van der Waals surface area contributed by atoms with E-state index >= 15 is 0 Å². The summed E-state index contributed by atoms with van der Waals surface area (Å²) in [5.74, 6) is 0.140. The molecule has 2 heterocycles. The maximum atomic E-state index is 11.9. The van der Waals surface area contributed by atoms with Gasteiger partial charge < -0.3 is 19.7 Å². The van der Waals surface area contributed by atoms with E-state index in [9.17, 15) is 4.79 Å². The van der Waals surface area contributed by atoms with E-state index in [-0.39, 0.29) is 18.6 Å². The lowest BCUT2D eigenvalue weighted by Crippen LogP contribution is -2.35. The molecular formula is C17H23N3O4. The third kappa shape index (κ3) is 5.06. The molecule has 0 radical (unpaired) electrons. The average molecular weight is 333 g/mol. The van der Waals surface area contributed by atoms with E-state index < -0.39 is 0 Å². The Morgan fingerprint density at radius 1 is 1.46 bits per heavy atom. The summed E-state index contributed by atoms with van der Waals surface area (Å²) in [5.41, 5.74) is 2.23. The molecule has 0 aromatic carbocycles. The second-order valence-corrected chi connectivity index (χ2v) is 5.62. The molecule has 2 N–H and O–H groups in total. The van der Waals surface area contributed by atoms with Crippen LogP contribution in [0.2, 0.25) is 0 Å². The van der Waals surface area contributed by atoms with Crippen molar-refractivity contribution >= 4 is 5.91 Å². The highest BCUT2D eigenvalue weighted by atomic mass is 16.5. The molecule has 24 heavy (non-hydrogen) atoms. The van der Waals surface area contributed by atoms with Gasteiger partial charge in [0.1, 0.15) is 12.9 Å². The van der Waals surface area contributed by atoms with E-state index in [0.29, 0.717) is 18.1 Å². The maximum Gasteiger partial charge on any atom is 0.253 e. The second-order valence-electron chi connectivity index (χ2n) is 5.62. The topological polar surface area (TPSA) is 97.5 Å². The third-order valence-corrected chi connectivity index (χ3v) is 3.52. The number of carbonyl (C=O) groups excluding carboxylic acids is 1. The van der Waals surface area contributed by atoms with Crippen LogP contribution in [0.5, 0.6) is 5.88 Å². The summed E-state index contributed by atoms with van der Waals surface area (Å²) in [6, 6.07) is 2.97. The fourth-order valence-electron chi connectivity index (χ4n) is 2.05. The molecule has 130 valence electrons. The summed E-state index contributed by atoms with van der Waals surface area (Å²) >= 11 is 0. The highest BCUT2D eigenvalue weighted by Crippen LogP contribution is 2.14. The summed E-state index contributed by atoms with van der Waals surface area (Å²) in [4.78, 5) is 16.0. The maximum absolute atomic E-state index is 11.9. The molecule has 0 aliphatic heterocycles. The highest BCUT2D eigenvalue weighted by molar-refractivity contribution is 5.94. The molecule has 0 bridgehead atoms. The Morgan fingerprint density at radius 3 is 2.96 bits per heavy atom. The van der Waals surface area contributed by atoms with Crippen LogP contribution in [0.1, 0.15) is 48.3 Å². The van der Waals surface area contributed by atoms with E-state index in [0.717, 1.165) is 30.5 Å². The largest absolute Gasteiger partial charge is 0.473 e. The van der Waals surface area contributed by atoms with Gasteiger partial charge in [0.15, 0.2) is 0 Å². The highest BCUT2D eigenvalue weighted by Gasteiger charge is 2.11. The van der Waals surface area contributed by atoms with Crippen LogP contribution in [-0.4, -0.2) is 33.8 Å². The van der Waals surface area contributed by atoms with Gasteiger partial charge in [-0.2, -0.15) is 0 Å². The van der Waals surface area contributed by atoms with Crippen molar-refractivity contribution in [2.45, 2.75) is 45.8 Å². The van der Waals surface area contributed by atoms with Crippen LogP contribution in [0.3, 0.4) is 0 Å². The van der Waals surface area contributed by atoms with Crippen molar-refractivity contribution in [3.05, 3.63) is 41.4 Å². The lowest BCUT2D eigenvalue weighted by molar-refractivity contribution is 0.0922. The average Bonchev–Trinajstić information content (AvgIpc) is 3.05. The van der Waals surface area contributed by atoms with Crippen molar-refractivity contribution < 1.29 is 19.2 Å². The van der Waals surface area contributed by atoms with Crippen LogP contribution in [0, 0.1) is 0 Å². The normalized spacial score (nSPS) is 12.0. The molecule has 1 atom stereocenters. The summed E-state index contributed by atoms with van der Waals surface area (Å²) in [7, 11) is 0. The van der Waals surface area contributed by atoms with Crippen LogP contribution >= 0.6 is 0 Å². The summed E-state index contributed by atoms with van der Waals surface area (Å²) < 4.78 is 10.6. The van der Waals surface area contributed by atoms with Crippen LogP contribution < -0.4 is 10.1 Å². The number of pyridine rings is 1. The molecule has 0 aliphatic carbocycles. The van der Waals surface area contributed by atoms with Gasteiger partial charge >= 0.3 is 0 Å². The molecular weight excluding hydrogens is 310 g/mol. The zero-order valence-electron chi connectivity index (χ0n) is 14.0. The molecule has 0 fully saturated rings. The first-order valence-electron chi connectivity index (χ1n) is 8.06. The molecule has 2 rings (SSSR count). The molecule has 7 heteroatoms.